The molecule has 2 aromatic heterocycles. The Bertz CT molecular complexity index is 2140. The van der Waals surface area contributed by atoms with E-state index in [1.807, 2.05) is 86.6 Å². The normalized spacial score (nSPS) is 13.5. The van der Waals surface area contributed by atoms with Crippen LogP contribution in [0.1, 0.15) is 41.0 Å². The lowest BCUT2D eigenvalue weighted by atomic mass is 10.0. The summed E-state index contributed by atoms with van der Waals surface area (Å²) in [5, 5.41) is 17.1. The van der Waals surface area contributed by atoms with E-state index in [4.69, 9.17) is 19.3 Å². The molecular weight excluding hydrogens is 662 g/mol. The number of hydrogen-bond donors (Lipinski definition) is 3. The number of esters is 1. The Morgan fingerprint density at radius 2 is 1.54 bits per heavy atom. The number of hydrazone groups is 1. The Labute approximate surface area is 301 Å². The molecule has 0 bridgehead atoms. The summed E-state index contributed by atoms with van der Waals surface area (Å²) in [7, 11) is 1.59. The van der Waals surface area contributed by atoms with Gasteiger partial charge in [0, 0.05) is 18.5 Å². The highest BCUT2D eigenvalue weighted by Crippen LogP contribution is 2.36. The number of nitrogens with one attached hydrogen (secondary N) is 3. The first kappa shape index (κ1) is 35.7. The number of carbonyl (C=O) groups is 2. The number of hydrogen-bond acceptors (Lipinski definition) is 10. The van der Waals surface area contributed by atoms with Gasteiger partial charge in [-0.3, -0.25) is 9.80 Å². The molecule has 3 aromatic carbocycles. The highest BCUT2D eigenvalue weighted by molar-refractivity contribution is 6.00. The van der Waals surface area contributed by atoms with Gasteiger partial charge in [-0.15, -0.1) is 0 Å². The van der Waals surface area contributed by atoms with Crippen molar-refractivity contribution >= 4 is 29.4 Å². The maximum atomic E-state index is 14.5. The van der Waals surface area contributed by atoms with Crippen LogP contribution in [-0.2, 0) is 14.3 Å². The van der Waals surface area contributed by atoms with E-state index in [0.29, 0.717) is 52.8 Å². The molecule has 0 saturated carbocycles. The van der Waals surface area contributed by atoms with Gasteiger partial charge < -0.3 is 29.8 Å². The van der Waals surface area contributed by atoms with Gasteiger partial charge in [0.1, 0.15) is 40.4 Å². The van der Waals surface area contributed by atoms with E-state index < -0.39 is 23.7 Å². The highest BCUT2D eigenvalue weighted by atomic mass is 16.6. The fourth-order valence-corrected chi connectivity index (χ4v) is 5.86. The quantitative estimate of drug-likeness (QED) is 0.138. The second kappa shape index (κ2) is 15.0. The van der Waals surface area contributed by atoms with Gasteiger partial charge in [-0.1, -0.05) is 86.6 Å². The van der Waals surface area contributed by atoms with Crippen LogP contribution >= 0.6 is 0 Å². The number of amides is 1. The molecule has 3 N–H and O–H groups in total. The van der Waals surface area contributed by atoms with Crippen LogP contribution in [0.15, 0.2) is 94.8 Å². The van der Waals surface area contributed by atoms with Crippen LogP contribution in [0.4, 0.5) is 10.6 Å². The van der Waals surface area contributed by atoms with Crippen molar-refractivity contribution < 1.29 is 23.8 Å². The van der Waals surface area contributed by atoms with Gasteiger partial charge in [0.05, 0.1) is 18.2 Å². The third kappa shape index (κ3) is 7.93. The number of benzene rings is 3. The predicted molar refractivity (Wildman–Crippen MR) is 200 cm³/mol. The molecule has 3 heterocycles. The molecule has 52 heavy (non-hydrogen) atoms. The van der Waals surface area contributed by atoms with Crippen molar-refractivity contribution in [2.24, 2.45) is 11.0 Å². The SMILES string of the molecule is COc1ccc(-c2c(NC3=NN(COC(=O)[C@@H](NC(=O)OC(C)(C)C)C(C)C)CC3)[nH]c3c(-c4ccccc4)c(-c4ccccc4)nn3c2=O)cc1. The summed E-state index contributed by atoms with van der Waals surface area (Å²) >= 11 is 0. The van der Waals surface area contributed by atoms with E-state index in [1.54, 1.807) is 45.0 Å². The Hall–Kier alpha value is -6.11. The molecule has 1 aliphatic rings. The lowest BCUT2D eigenvalue weighted by molar-refractivity contribution is -0.152. The molecular formula is C39H43N7O6. The van der Waals surface area contributed by atoms with Crippen LogP contribution in [0.5, 0.6) is 5.75 Å². The van der Waals surface area contributed by atoms with Crippen LogP contribution in [-0.4, -0.2) is 69.5 Å². The van der Waals surface area contributed by atoms with Crippen LogP contribution in [0.25, 0.3) is 39.2 Å². The number of alkyl carbamates (subject to hydrolysis) is 1. The molecule has 5 aromatic rings. The number of aromatic nitrogens is 3. The van der Waals surface area contributed by atoms with Crippen LogP contribution in [0, 0.1) is 5.92 Å². The number of H-pyrrole nitrogens is 1. The maximum absolute atomic E-state index is 14.5. The molecule has 0 radical (unpaired) electrons. The summed E-state index contributed by atoms with van der Waals surface area (Å²) in [6.07, 6.45) is -0.214. The summed E-state index contributed by atoms with van der Waals surface area (Å²) in [5.74, 6) is 0.797. The summed E-state index contributed by atoms with van der Waals surface area (Å²) in [6.45, 7) is 9.18. The third-order valence-corrected chi connectivity index (χ3v) is 8.36. The number of amidine groups is 1. The molecule has 13 nitrogen and oxygen atoms in total. The largest absolute Gasteiger partial charge is 0.497 e. The van der Waals surface area contributed by atoms with Gasteiger partial charge in [-0.2, -0.15) is 14.7 Å². The third-order valence-electron chi connectivity index (χ3n) is 8.36. The minimum absolute atomic E-state index is 0.134. The number of aromatic amines is 1. The minimum atomic E-state index is -0.905. The Kier molecular flexibility index (Phi) is 10.3. The van der Waals surface area contributed by atoms with Crippen molar-refractivity contribution in [2.75, 3.05) is 25.7 Å². The number of anilines is 1. The van der Waals surface area contributed by atoms with Gasteiger partial charge in [-0.25, -0.2) is 9.59 Å². The van der Waals surface area contributed by atoms with E-state index in [-0.39, 0.29) is 18.2 Å². The average molecular weight is 706 g/mol. The van der Waals surface area contributed by atoms with Crippen molar-refractivity contribution in [3.05, 3.63) is 95.3 Å². The van der Waals surface area contributed by atoms with Crippen molar-refractivity contribution in [2.45, 2.75) is 52.7 Å². The first-order valence-electron chi connectivity index (χ1n) is 17.1. The first-order chi connectivity index (χ1) is 24.9. The molecule has 6 rings (SSSR count). The van der Waals surface area contributed by atoms with Gasteiger partial charge >= 0.3 is 12.1 Å². The number of ether oxygens (including phenoxy) is 3. The summed E-state index contributed by atoms with van der Waals surface area (Å²) in [4.78, 5) is 43.4. The summed E-state index contributed by atoms with van der Waals surface area (Å²) < 4.78 is 17.7. The van der Waals surface area contributed by atoms with Gasteiger partial charge in [0.25, 0.3) is 5.56 Å². The van der Waals surface area contributed by atoms with Crippen LogP contribution in [0.3, 0.4) is 0 Å². The molecule has 0 unspecified atom stereocenters. The standard InChI is InChI=1S/C39H43N7O6/c1-24(2)32(41-38(49)52-39(3,4)5)37(48)51-23-45-22-21-29(43-45)40-34-31(26-17-19-28(50-6)20-18-26)36(47)46-35(42-34)30(25-13-9-7-10-14-25)33(44-46)27-15-11-8-12-16-27/h7-20,24,32,42H,21-23H2,1-6H3,(H,40,43)(H,41,49)/t32-/m0/s1. The fraction of sp³-hybridized carbons (Fsp3) is 0.308. The molecule has 0 aliphatic carbocycles. The van der Waals surface area contributed by atoms with E-state index in [0.717, 1.165) is 16.7 Å². The van der Waals surface area contributed by atoms with E-state index in [9.17, 15) is 14.4 Å². The van der Waals surface area contributed by atoms with Crippen LogP contribution in [0.2, 0.25) is 0 Å². The van der Waals surface area contributed by atoms with Crippen molar-refractivity contribution in [1.29, 1.82) is 0 Å². The Morgan fingerprint density at radius 3 is 2.15 bits per heavy atom. The summed E-state index contributed by atoms with van der Waals surface area (Å²) in [6, 6.07) is 25.9. The van der Waals surface area contributed by atoms with Gasteiger partial charge in [0.15, 0.2) is 6.73 Å². The number of nitrogens with zero attached hydrogens (tertiary/aromatic N) is 4. The maximum Gasteiger partial charge on any atom is 0.408 e. The zero-order valence-corrected chi connectivity index (χ0v) is 30.1. The topological polar surface area (TPSA) is 152 Å². The van der Waals surface area contributed by atoms with Crippen molar-refractivity contribution in [3.63, 3.8) is 0 Å². The first-order valence-corrected chi connectivity index (χ1v) is 17.1. The number of rotatable bonds is 10. The number of fused-ring (bicyclic) bond motifs is 1. The zero-order chi connectivity index (χ0) is 37.0. The lowest BCUT2D eigenvalue weighted by Gasteiger charge is -2.25. The molecule has 1 amide bonds. The number of methoxy groups -OCH3 is 1. The van der Waals surface area contributed by atoms with Crippen molar-refractivity contribution in [1.82, 2.24) is 24.9 Å². The minimum Gasteiger partial charge on any atom is -0.497 e. The van der Waals surface area contributed by atoms with E-state index >= 15 is 0 Å². The molecule has 0 spiro atoms. The van der Waals surface area contributed by atoms with Crippen LogP contribution < -0.4 is 20.9 Å². The molecule has 0 saturated heterocycles. The lowest BCUT2D eigenvalue weighted by Crippen LogP contribution is -2.47. The van der Waals surface area contributed by atoms with Gasteiger partial charge in [-0.05, 0) is 49.9 Å². The zero-order valence-electron chi connectivity index (χ0n) is 30.1. The second-order valence-electron chi connectivity index (χ2n) is 13.7. The molecule has 0 fully saturated rings. The molecule has 270 valence electrons. The van der Waals surface area contributed by atoms with E-state index in [2.05, 4.69) is 20.7 Å². The smallest absolute Gasteiger partial charge is 0.408 e. The second-order valence-corrected chi connectivity index (χ2v) is 13.7. The van der Waals surface area contributed by atoms with Crippen molar-refractivity contribution in [3.8, 4) is 39.3 Å². The molecule has 1 atom stereocenters. The summed E-state index contributed by atoms with van der Waals surface area (Å²) in [5.41, 5.74) is 3.66. The monoisotopic (exact) mass is 705 g/mol. The molecule has 13 heteroatoms. The molecule has 1 aliphatic heterocycles. The fourth-order valence-electron chi connectivity index (χ4n) is 5.86. The average Bonchev–Trinajstić information content (AvgIpc) is 3.74. The number of carbonyl (C=O) groups excluding carboxylic acids is 2. The highest BCUT2D eigenvalue weighted by Gasteiger charge is 2.30. The Balaban J connectivity index is 1.33. The Morgan fingerprint density at radius 1 is 0.904 bits per heavy atom. The predicted octanol–water partition coefficient (Wildman–Crippen LogP) is 6.51. The van der Waals surface area contributed by atoms with Gasteiger partial charge in [0.2, 0.25) is 0 Å². The van der Waals surface area contributed by atoms with E-state index in [1.165, 1.54) is 4.52 Å².